The fraction of sp³-hybridized carbons (Fsp3) is 0.500. The topological polar surface area (TPSA) is 67.3 Å². The number of anilines is 1. The molecule has 1 N–H and O–H groups in total. The lowest BCUT2D eigenvalue weighted by atomic mass is 10.0. The number of nitrogens with one attached hydrogen (secondary N) is 1. The molecule has 3 rings (SSSR count). The van der Waals surface area contributed by atoms with E-state index >= 15 is 0 Å². The van der Waals surface area contributed by atoms with Gasteiger partial charge in [0.05, 0.1) is 5.52 Å². The molecule has 2 aromatic heterocycles. The molecule has 0 unspecified atom stereocenters. The summed E-state index contributed by atoms with van der Waals surface area (Å²) >= 11 is 0. The maximum absolute atomic E-state index is 11.9. The van der Waals surface area contributed by atoms with Crippen molar-refractivity contribution in [1.82, 2.24) is 15.3 Å². The minimum Gasteiger partial charge on any atom is -0.444 e. The molecule has 24 heavy (non-hydrogen) atoms. The average Bonchev–Trinajstić information content (AvgIpc) is 2.53. The number of amides is 1. The standard InChI is InChI=1S/C18H24N4O2/c1-18(2,3)24-17(23)21-13-7-11-22(12-8-13)16-14-5-4-9-19-15(14)6-10-20-16/h4-6,9-10,13H,7-8,11-12H2,1-3H3,(H,21,23). The molecule has 1 aliphatic rings. The number of piperidine rings is 1. The van der Waals surface area contributed by atoms with Gasteiger partial charge in [-0.05, 0) is 51.8 Å². The molecule has 6 nitrogen and oxygen atoms in total. The van der Waals surface area contributed by atoms with Gasteiger partial charge in [-0.1, -0.05) is 0 Å². The maximum Gasteiger partial charge on any atom is 0.407 e. The van der Waals surface area contributed by atoms with E-state index in [9.17, 15) is 4.79 Å². The lowest BCUT2D eigenvalue weighted by molar-refractivity contribution is 0.0497. The lowest BCUT2D eigenvalue weighted by Crippen LogP contribution is -2.46. The second-order valence-electron chi connectivity index (χ2n) is 7.11. The van der Waals surface area contributed by atoms with Gasteiger partial charge in [0.2, 0.25) is 0 Å². The molecule has 1 fully saturated rings. The van der Waals surface area contributed by atoms with Crippen molar-refractivity contribution in [1.29, 1.82) is 0 Å². The molecule has 1 amide bonds. The fourth-order valence-electron chi connectivity index (χ4n) is 2.95. The molecular formula is C18H24N4O2. The van der Waals surface area contributed by atoms with Crippen LogP contribution >= 0.6 is 0 Å². The zero-order valence-electron chi connectivity index (χ0n) is 14.5. The summed E-state index contributed by atoms with van der Waals surface area (Å²) in [7, 11) is 0. The number of rotatable bonds is 2. The van der Waals surface area contributed by atoms with Crippen LogP contribution in [0.4, 0.5) is 10.6 Å². The predicted molar refractivity (Wildman–Crippen MR) is 94.1 cm³/mol. The van der Waals surface area contributed by atoms with Crippen molar-refractivity contribution in [3.8, 4) is 0 Å². The van der Waals surface area contributed by atoms with Gasteiger partial charge >= 0.3 is 6.09 Å². The van der Waals surface area contributed by atoms with Crippen LogP contribution in [0, 0.1) is 0 Å². The molecule has 0 radical (unpaired) electrons. The van der Waals surface area contributed by atoms with Crippen molar-refractivity contribution in [3.05, 3.63) is 30.6 Å². The van der Waals surface area contributed by atoms with Crippen LogP contribution in [0.2, 0.25) is 0 Å². The van der Waals surface area contributed by atoms with E-state index in [0.29, 0.717) is 0 Å². The highest BCUT2D eigenvalue weighted by molar-refractivity contribution is 5.89. The van der Waals surface area contributed by atoms with Crippen molar-refractivity contribution in [2.45, 2.75) is 45.3 Å². The van der Waals surface area contributed by atoms with Crippen LogP contribution in [0.1, 0.15) is 33.6 Å². The minimum absolute atomic E-state index is 0.143. The van der Waals surface area contributed by atoms with E-state index in [1.165, 1.54) is 0 Å². The summed E-state index contributed by atoms with van der Waals surface area (Å²) in [5.41, 5.74) is 0.487. The summed E-state index contributed by atoms with van der Waals surface area (Å²) in [6, 6.07) is 6.06. The second-order valence-corrected chi connectivity index (χ2v) is 7.11. The van der Waals surface area contributed by atoms with E-state index < -0.39 is 5.60 Å². The Hall–Kier alpha value is -2.37. The summed E-state index contributed by atoms with van der Waals surface area (Å²) < 4.78 is 5.33. The monoisotopic (exact) mass is 328 g/mol. The quantitative estimate of drug-likeness (QED) is 0.917. The number of carbonyl (C=O) groups is 1. The Balaban J connectivity index is 1.62. The van der Waals surface area contributed by atoms with Gasteiger partial charge in [-0.3, -0.25) is 4.98 Å². The van der Waals surface area contributed by atoms with E-state index in [1.807, 2.05) is 32.9 Å². The molecular weight excluding hydrogens is 304 g/mol. The van der Waals surface area contributed by atoms with Gasteiger partial charge in [-0.15, -0.1) is 0 Å². The zero-order valence-corrected chi connectivity index (χ0v) is 14.5. The van der Waals surface area contributed by atoms with Gasteiger partial charge in [-0.25, -0.2) is 9.78 Å². The third kappa shape index (κ3) is 3.93. The molecule has 1 saturated heterocycles. The molecule has 1 aliphatic heterocycles. The predicted octanol–water partition coefficient (Wildman–Crippen LogP) is 3.12. The van der Waals surface area contributed by atoms with E-state index in [-0.39, 0.29) is 12.1 Å². The Morgan fingerprint density at radius 2 is 1.96 bits per heavy atom. The molecule has 0 aromatic carbocycles. The van der Waals surface area contributed by atoms with Crippen molar-refractivity contribution >= 4 is 22.8 Å². The molecule has 0 aliphatic carbocycles. The molecule has 3 heterocycles. The van der Waals surface area contributed by atoms with Crippen LogP contribution in [0.5, 0.6) is 0 Å². The molecule has 128 valence electrons. The van der Waals surface area contributed by atoms with E-state index in [4.69, 9.17) is 4.74 Å². The number of aromatic nitrogens is 2. The largest absolute Gasteiger partial charge is 0.444 e. The lowest BCUT2D eigenvalue weighted by Gasteiger charge is -2.34. The Kier molecular flexibility index (Phi) is 4.55. The Labute approximate surface area is 142 Å². The SMILES string of the molecule is CC(C)(C)OC(=O)NC1CCN(c2nccc3ncccc23)CC1. The van der Waals surface area contributed by atoms with Crippen LogP contribution in [0.3, 0.4) is 0 Å². The van der Waals surface area contributed by atoms with Gasteiger partial charge in [0, 0.05) is 36.9 Å². The zero-order chi connectivity index (χ0) is 17.2. The molecule has 0 saturated carbocycles. The van der Waals surface area contributed by atoms with E-state index in [0.717, 1.165) is 42.7 Å². The number of alkyl carbamates (subject to hydrolysis) is 1. The highest BCUT2D eigenvalue weighted by Gasteiger charge is 2.24. The highest BCUT2D eigenvalue weighted by Crippen LogP contribution is 2.25. The average molecular weight is 328 g/mol. The third-order valence-corrected chi connectivity index (χ3v) is 4.02. The number of hydrogen-bond acceptors (Lipinski definition) is 5. The first-order valence-electron chi connectivity index (χ1n) is 8.36. The van der Waals surface area contributed by atoms with Crippen molar-refractivity contribution in [3.63, 3.8) is 0 Å². The van der Waals surface area contributed by atoms with E-state index in [2.05, 4.69) is 26.3 Å². The maximum atomic E-state index is 11.9. The minimum atomic E-state index is -0.468. The van der Waals surface area contributed by atoms with Crippen LogP contribution in [0.15, 0.2) is 30.6 Å². The number of pyridine rings is 2. The van der Waals surface area contributed by atoms with Crippen molar-refractivity contribution < 1.29 is 9.53 Å². The van der Waals surface area contributed by atoms with Crippen molar-refractivity contribution in [2.24, 2.45) is 0 Å². The number of fused-ring (bicyclic) bond motifs is 1. The van der Waals surface area contributed by atoms with Gasteiger partial charge in [0.1, 0.15) is 11.4 Å². The van der Waals surface area contributed by atoms with Crippen LogP contribution in [0.25, 0.3) is 10.9 Å². The van der Waals surface area contributed by atoms with Crippen molar-refractivity contribution in [2.75, 3.05) is 18.0 Å². The summed E-state index contributed by atoms with van der Waals surface area (Å²) in [5, 5.41) is 4.03. The number of hydrogen-bond donors (Lipinski definition) is 1. The number of nitrogens with zero attached hydrogens (tertiary/aromatic N) is 3. The van der Waals surface area contributed by atoms with Crippen LogP contribution < -0.4 is 10.2 Å². The Morgan fingerprint density at radius 3 is 2.67 bits per heavy atom. The van der Waals surface area contributed by atoms with Crippen LogP contribution in [-0.2, 0) is 4.74 Å². The first kappa shape index (κ1) is 16.5. The Bertz CT molecular complexity index is 713. The van der Waals surface area contributed by atoms with Gasteiger partial charge < -0.3 is 15.0 Å². The number of carbonyl (C=O) groups excluding carboxylic acids is 1. The first-order valence-corrected chi connectivity index (χ1v) is 8.36. The van der Waals surface area contributed by atoms with Gasteiger partial charge in [-0.2, -0.15) is 0 Å². The van der Waals surface area contributed by atoms with Gasteiger partial charge in [0.25, 0.3) is 0 Å². The number of ether oxygens (including phenoxy) is 1. The highest BCUT2D eigenvalue weighted by atomic mass is 16.6. The normalized spacial score (nSPS) is 16.2. The molecule has 2 aromatic rings. The summed E-state index contributed by atoms with van der Waals surface area (Å²) in [5.74, 6) is 0.969. The molecule has 0 bridgehead atoms. The van der Waals surface area contributed by atoms with Gasteiger partial charge in [0.15, 0.2) is 0 Å². The summed E-state index contributed by atoms with van der Waals surface area (Å²) in [4.78, 5) is 23.1. The molecule has 0 atom stereocenters. The Morgan fingerprint density at radius 1 is 1.21 bits per heavy atom. The third-order valence-electron chi connectivity index (χ3n) is 4.02. The first-order chi connectivity index (χ1) is 11.4. The fourth-order valence-corrected chi connectivity index (χ4v) is 2.95. The second kappa shape index (κ2) is 6.63. The summed E-state index contributed by atoms with van der Waals surface area (Å²) in [6.45, 7) is 7.31. The smallest absolute Gasteiger partial charge is 0.407 e. The van der Waals surface area contributed by atoms with E-state index in [1.54, 1.807) is 12.4 Å². The summed E-state index contributed by atoms with van der Waals surface area (Å²) in [6.07, 6.45) is 5.00. The van der Waals surface area contributed by atoms with Crippen LogP contribution in [-0.4, -0.2) is 40.8 Å². The molecule has 0 spiro atoms. The molecule has 6 heteroatoms.